The van der Waals surface area contributed by atoms with Crippen LogP contribution in [0.2, 0.25) is 0 Å². The van der Waals surface area contributed by atoms with Gasteiger partial charge in [0.05, 0.1) is 19.8 Å². The van der Waals surface area contributed by atoms with Crippen LogP contribution in [0.5, 0.6) is 11.5 Å². The standard InChI is InChI=1S/C24H24Cl2N2O5S/c1-23(2)18(20(29)33-13-14-9-6-5-7-10-14)28-21(30)24(26,22(28)34-23)27-19(25)17-15(31-3)11-8-12-16(17)32-4/h5-12,18,22H,13H2,1-4H3/b27-19-/t18-,22+,24?/m0/s1. The number of nitrogens with zero attached hydrogens (tertiary/aromatic N) is 2. The molecular weight excluding hydrogens is 499 g/mol. The molecule has 180 valence electrons. The maximum absolute atomic E-state index is 13.3. The number of ether oxygens (including phenoxy) is 3. The summed E-state index contributed by atoms with van der Waals surface area (Å²) in [6, 6.07) is 13.7. The quantitative estimate of drug-likeness (QED) is 0.176. The van der Waals surface area contributed by atoms with Crippen molar-refractivity contribution < 1.29 is 23.8 Å². The Hall–Kier alpha value is -2.42. The number of esters is 1. The first-order chi connectivity index (χ1) is 16.1. The Balaban J connectivity index is 1.59. The van der Waals surface area contributed by atoms with E-state index in [2.05, 4.69) is 4.99 Å². The molecule has 2 fully saturated rings. The van der Waals surface area contributed by atoms with Crippen LogP contribution in [0.3, 0.4) is 0 Å². The van der Waals surface area contributed by atoms with Crippen LogP contribution in [0.15, 0.2) is 53.5 Å². The lowest BCUT2D eigenvalue weighted by atomic mass is 9.95. The molecule has 0 radical (unpaired) electrons. The number of rotatable bonds is 7. The third-order valence-corrected chi connectivity index (χ3v) is 8.29. The first kappa shape index (κ1) is 24.7. The number of aliphatic imine (C=N–C) groups is 1. The fraction of sp³-hybridized carbons (Fsp3) is 0.375. The Kier molecular flexibility index (Phi) is 6.77. The van der Waals surface area contributed by atoms with E-state index >= 15 is 0 Å². The monoisotopic (exact) mass is 522 g/mol. The molecule has 4 rings (SSSR count). The summed E-state index contributed by atoms with van der Waals surface area (Å²) in [4.78, 5) is 30.5. The first-order valence-electron chi connectivity index (χ1n) is 10.5. The van der Waals surface area contributed by atoms with Gasteiger partial charge in [-0.05, 0) is 31.5 Å². The van der Waals surface area contributed by atoms with Crippen LogP contribution in [0.25, 0.3) is 0 Å². The molecular formula is C24H24Cl2N2O5S. The van der Waals surface area contributed by atoms with Crippen LogP contribution in [0.1, 0.15) is 25.0 Å². The van der Waals surface area contributed by atoms with Gasteiger partial charge in [0.15, 0.2) is 0 Å². The highest BCUT2D eigenvalue weighted by Crippen LogP contribution is 2.58. The molecule has 0 N–H and O–H groups in total. The zero-order valence-corrected chi connectivity index (χ0v) is 21.4. The van der Waals surface area contributed by atoms with Gasteiger partial charge in [-0.25, -0.2) is 9.79 Å². The second kappa shape index (κ2) is 9.32. The molecule has 2 heterocycles. The number of carbonyl (C=O) groups excluding carboxylic acids is 2. The third kappa shape index (κ3) is 4.12. The minimum atomic E-state index is -1.67. The largest absolute Gasteiger partial charge is 0.496 e. The van der Waals surface area contributed by atoms with Crippen molar-refractivity contribution >= 4 is 52.0 Å². The average Bonchev–Trinajstić information content (AvgIpc) is 3.11. The number of methoxy groups -OCH3 is 2. The summed E-state index contributed by atoms with van der Waals surface area (Å²) in [5.41, 5.74) is 1.25. The molecule has 0 aromatic heterocycles. The summed E-state index contributed by atoms with van der Waals surface area (Å²) >= 11 is 14.7. The maximum atomic E-state index is 13.3. The van der Waals surface area contributed by atoms with Gasteiger partial charge in [0.25, 0.3) is 5.91 Å². The molecule has 1 unspecified atom stereocenters. The molecule has 2 saturated heterocycles. The van der Waals surface area contributed by atoms with Crippen molar-refractivity contribution in [1.82, 2.24) is 4.90 Å². The molecule has 1 amide bonds. The van der Waals surface area contributed by atoms with E-state index < -0.39 is 33.0 Å². The first-order valence-corrected chi connectivity index (χ1v) is 12.1. The van der Waals surface area contributed by atoms with Crippen molar-refractivity contribution in [3.05, 3.63) is 59.7 Å². The van der Waals surface area contributed by atoms with Crippen molar-refractivity contribution in [2.24, 2.45) is 4.99 Å². The van der Waals surface area contributed by atoms with E-state index in [1.54, 1.807) is 18.2 Å². The number of fused-ring (bicyclic) bond motifs is 1. The zero-order valence-electron chi connectivity index (χ0n) is 19.1. The number of hydrogen-bond donors (Lipinski definition) is 0. The molecule has 0 spiro atoms. The highest BCUT2D eigenvalue weighted by molar-refractivity contribution is 8.01. The lowest BCUT2D eigenvalue weighted by Crippen LogP contribution is -2.70. The van der Waals surface area contributed by atoms with Gasteiger partial charge in [-0.3, -0.25) is 4.79 Å². The topological polar surface area (TPSA) is 77.4 Å². The van der Waals surface area contributed by atoms with Crippen LogP contribution < -0.4 is 9.47 Å². The molecule has 0 bridgehead atoms. The lowest BCUT2D eigenvalue weighted by Gasteiger charge is -2.47. The summed E-state index contributed by atoms with van der Waals surface area (Å²) in [7, 11) is 2.99. The molecule has 34 heavy (non-hydrogen) atoms. The number of hydrogen-bond acceptors (Lipinski definition) is 7. The molecule has 10 heteroatoms. The number of alkyl halides is 1. The van der Waals surface area contributed by atoms with Crippen LogP contribution in [-0.2, 0) is 20.9 Å². The lowest BCUT2D eigenvalue weighted by molar-refractivity contribution is -0.165. The summed E-state index contributed by atoms with van der Waals surface area (Å²) in [5, 5.41) is -0.619. The molecule has 2 aliphatic rings. The summed E-state index contributed by atoms with van der Waals surface area (Å²) in [6.45, 7) is 3.88. The fourth-order valence-corrected chi connectivity index (χ4v) is 6.49. The molecule has 0 aliphatic carbocycles. The Bertz CT molecular complexity index is 1120. The number of halogens is 2. The Morgan fingerprint density at radius 3 is 2.29 bits per heavy atom. The normalized spacial score (nSPS) is 25.4. The van der Waals surface area contributed by atoms with E-state index in [1.807, 2.05) is 44.2 Å². The minimum Gasteiger partial charge on any atom is -0.496 e. The smallest absolute Gasteiger partial charge is 0.330 e. The molecule has 0 saturated carbocycles. The van der Waals surface area contributed by atoms with Crippen LogP contribution in [0, 0.1) is 0 Å². The van der Waals surface area contributed by atoms with Crippen molar-refractivity contribution in [1.29, 1.82) is 0 Å². The molecule has 2 aromatic carbocycles. The van der Waals surface area contributed by atoms with E-state index in [0.717, 1.165) is 5.56 Å². The van der Waals surface area contributed by atoms with Gasteiger partial charge in [-0.2, -0.15) is 0 Å². The van der Waals surface area contributed by atoms with Gasteiger partial charge < -0.3 is 19.1 Å². The highest BCUT2D eigenvalue weighted by Gasteiger charge is 2.72. The van der Waals surface area contributed by atoms with Crippen molar-refractivity contribution in [2.45, 2.75) is 41.6 Å². The van der Waals surface area contributed by atoms with E-state index in [4.69, 9.17) is 37.4 Å². The highest BCUT2D eigenvalue weighted by atomic mass is 35.5. The van der Waals surface area contributed by atoms with Gasteiger partial charge in [0.1, 0.15) is 34.7 Å². The number of β-lactam (4-membered cyclic amide) rings is 1. The predicted octanol–water partition coefficient (Wildman–Crippen LogP) is 4.43. The zero-order chi connectivity index (χ0) is 24.7. The van der Waals surface area contributed by atoms with Gasteiger partial charge in [-0.15, -0.1) is 11.8 Å². The van der Waals surface area contributed by atoms with Crippen molar-refractivity contribution in [3.8, 4) is 11.5 Å². The number of carbonyl (C=O) groups is 2. The van der Waals surface area contributed by atoms with Gasteiger partial charge in [-0.1, -0.05) is 59.6 Å². The predicted molar refractivity (Wildman–Crippen MR) is 133 cm³/mol. The van der Waals surface area contributed by atoms with E-state index in [0.29, 0.717) is 17.1 Å². The fourth-order valence-electron chi connectivity index (χ4n) is 4.15. The van der Waals surface area contributed by atoms with Crippen LogP contribution in [-0.4, -0.2) is 57.3 Å². The summed E-state index contributed by atoms with van der Waals surface area (Å²) in [5.74, 6) is -0.138. The molecule has 3 atom stereocenters. The minimum absolute atomic E-state index is 0.0224. The SMILES string of the molecule is COc1cccc(OC)c1/C(Cl)=N/C1(Cl)C(=O)N2[C@@H](C(=O)OCc3ccccc3)C(C)(C)S[C@@H]21. The Labute approximate surface area is 212 Å². The maximum Gasteiger partial charge on any atom is 0.330 e. The van der Waals surface area contributed by atoms with Gasteiger partial charge in [0, 0.05) is 4.75 Å². The number of benzene rings is 2. The van der Waals surface area contributed by atoms with Gasteiger partial charge >= 0.3 is 5.97 Å². The van der Waals surface area contributed by atoms with E-state index in [-0.39, 0.29) is 11.8 Å². The Morgan fingerprint density at radius 2 is 1.71 bits per heavy atom. The van der Waals surface area contributed by atoms with Crippen LogP contribution in [0.4, 0.5) is 0 Å². The average molecular weight is 523 g/mol. The van der Waals surface area contributed by atoms with Crippen molar-refractivity contribution in [2.75, 3.05) is 14.2 Å². The summed E-state index contributed by atoms with van der Waals surface area (Å²) < 4.78 is 15.7. The molecule has 7 nitrogen and oxygen atoms in total. The molecule has 2 aromatic rings. The molecule has 2 aliphatic heterocycles. The number of amides is 1. The second-order valence-electron chi connectivity index (χ2n) is 8.40. The van der Waals surface area contributed by atoms with Crippen molar-refractivity contribution in [3.63, 3.8) is 0 Å². The Morgan fingerprint density at radius 1 is 1.09 bits per heavy atom. The van der Waals surface area contributed by atoms with Gasteiger partial charge in [0.2, 0.25) is 5.00 Å². The van der Waals surface area contributed by atoms with Crippen LogP contribution >= 0.6 is 35.0 Å². The third-order valence-electron chi connectivity index (χ3n) is 5.81. The second-order valence-corrected chi connectivity index (χ2v) is 11.1. The summed E-state index contributed by atoms with van der Waals surface area (Å²) in [6.07, 6.45) is 0. The van der Waals surface area contributed by atoms with E-state index in [1.165, 1.54) is 30.9 Å². The van der Waals surface area contributed by atoms with E-state index in [9.17, 15) is 9.59 Å². The number of thioether (sulfide) groups is 1.